The highest BCUT2D eigenvalue weighted by atomic mass is 32.1. The average Bonchev–Trinajstić information content (AvgIpc) is 2.93. The molecule has 1 aromatic heterocycles. The number of carbonyl (C=O) groups excluding carboxylic acids is 1. The van der Waals surface area contributed by atoms with Crippen LogP contribution in [0.5, 0.6) is 0 Å². The third-order valence-corrected chi connectivity index (χ3v) is 3.98. The van der Waals surface area contributed by atoms with Crippen LogP contribution in [-0.2, 0) is 17.8 Å². The molecule has 106 valence electrons. The molecule has 0 saturated heterocycles. The second kappa shape index (κ2) is 7.05. The van der Waals surface area contributed by atoms with Gasteiger partial charge in [-0.2, -0.15) is 0 Å². The van der Waals surface area contributed by atoms with Crippen molar-refractivity contribution in [3.8, 4) is 0 Å². The quantitative estimate of drug-likeness (QED) is 0.853. The first-order valence-corrected chi connectivity index (χ1v) is 7.60. The van der Waals surface area contributed by atoms with Crippen LogP contribution in [0.3, 0.4) is 0 Å². The van der Waals surface area contributed by atoms with Crippen LogP contribution in [0, 0.1) is 0 Å². The summed E-state index contributed by atoms with van der Waals surface area (Å²) in [7, 11) is 0. The molecule has 4 nitrogen and oxygen atoms in total. The van der Waals surface area contributed by atoms with Gasteiger partial charge in [-0.1, -0.05) is 19.9 Å². The highest BCUT2D eigenvalue weighted by Crippen LogP contribution is 2.18. The van der Waals surface area contributed by atoms with Gasteiger partial charge in [-0.15, -0.1) is 11.3 Å². The van der Waals surface area contributed by atoms with Crippen molar-refractivity contribution in [1.29, 1.82) is 0 Å². The normalized spacial score (nSPS) is 10.3. The monoisotopic (exact) mass is 289 g/mol. The lowest BCUT2D eigenvalue weighted by Crippen LogP contribution is -2.09. The Morgan fingerprint density at radius 2 is 2.10 bits per heavy atom. The number of aryl methyl sites for hydroxylation is 1. The van der Waals surface area contributed by atoms with Crippen molar-refractivity contribution in [2.75, 3.05) is 10.6 Å². The summed E-state index contributed by atoms with van der Waals surface area (Å²) < 4.78 is 0. The van der Waals surface area contributed by atoms with E-state index >= 15 is 0 Å². The second-order valence-electron chi connectivity index (χ2n) is 4.41. The predicted octanol–water partition coefficient (Wildman–Crippen LogP) is 3.67. The van der Waals surface area contributed by atoms with Crippen LogP contribution >= 0.6 is 11.3 Å². The number of nitrogens with zero attached hydrogens (tertiary/aromatic N) is 1. The van der Waals surface area contributed by atoms with Gasteiger partial charge in [0.1, 0.15) is 0 Å². The standard InChI is InChI=1S/C15H19N3OS/c1-3-14(19)18-12-7-5-6-11(8-12)16-9-13-10-17-15(4-2)20-13/h5-8,10,16H,3-4,9H2,1-2H3,(H,18,19). The number of aromatic nitrogens is 1. The lowest BCUT2D eigenvalue weighted by Gasteiger charge is -2.08. The van der Waals surface area contributed by atoms with E-state index in [0.717, 1.165) is 29.3 Å². The van der Waals surface area contributed by atoms with Crippen LogP contribution < -0.4 is 10.6 Å². The number of anilines is 2. The van der Waals surface area contributed by atoms with Crippen LogP contribution in [0.25, 0.3) is 0 Å². The fourth-order valence-corrected chi connectivity index (χ4v) is 2.54. The number of rotatable bonds is 6. The van der Waals surface area contributed by atoms with Crippen LogP contribution in [0.1, 0.15) is 30.2 Å². The van der Waals surface area contributed by atoms with Crippen molar-refractivity contribution >= 4 is 28.6 Å². The van der Waals surface area contributed by atoms with Gasteiger partial charge in [0, 0.05) is 28.9 Å². The van der Waals surface area contributed by atoms with E-state index in [4.69, 9.17) is 0 Å². The van der Waals surface area contributed by atoms with Gasteiger partial charge in [0.2, 0.25) is 5.91 Å². The molecule has 0 saturated carbocycles. The van der Waals surface area contributed by atoms with E-state index in [1.807, 2.05) is 37.4 Å². The van der Waals surface area contributed by atoms with Crippen molar-refractivity contribution in [2.45, 2.75) is 33.2 Å². The zero-order valence-electron chi connectivity index (χ0n) is 11.8. The SMILES string of the molecule is CCC(=O)Nc1cccc(NCc2cnc(CC)s2)c1. The highest BCUT2D eigenvalue weighted by Gasteiger charge is 2.02. The number of amides is 1. The van der Waals surface area contributed by atoms with E-state index in [-0.39, 0.29) is 5.91 Å². The van der Waals surface area contributed by atoms with E-state index in [0.29, 0.717) is 6.42 Å². The third kappa shape index (κ3) is 4.06. The molecule has 0 fully saturated rings. The molecule has 20 heavy (non-hydrogen) atoms. The molecule has 0 aliphatic carbocycles. The van der Waals surface area contributed by atoms with Gasteiger partial charge in [0.05, 0.1) is 11.6 Å². The molecule has 2 rings (SSSR count). The van der Waals surface area contributed by atoms with Crippen LogP contribution in [0.15, 0.2) is 30.5 Å². The van der Waals surface area contributed by atoms with E-state index in [1.165, 1.54) is 4.88 Å². The van der Waals surface area contributed by atoms with Crippen LogP contribution in [0.2, 0.25) is 0 Å². The molecule has 0 bridgehead atoms. The molecule has 0 atom stereocenters. The summed E-state index contributed by atoms with van der Waals surface area (Å²) in [5, 5.41) is 7.36. The molecule has 0 radical (unpaired) electrons. The van der Waals surface area contributed by atoms with E-state index < -0.39 is 0 Å². The molecular formula is C15H19N3OS. The van der Waals surface area contributed by atoms with Crippen molar-refractivity contribution < 1.29 is 4.79 Å². The second-order valence-corrected chi connectivity index (χ2v) is 5.61. The summed E-state index contributed by atoms with van der Waals surface area (Å²) in [5.41, 5.74) is 1.81. The van der Waals surface area contributed by atoms with Gasteiger partial charge >= 0.3 is 0 Å². The molecule has 0 aliphatic heterocycles. The van der Waals surface area contributed by atoms with Crippen molar-refractivity contribution in [3.05, 3.63) is 40.3 Å². The van der Waals surface area contributed by atoms with E-state index in [2.05, 4.69) is 22.5 Å². The first-order chi connectivity index (χ1) is 9.71. The topological polar surface area (TPSA) is 54.0 Å². The molecule has 1 aromatic carbocycles. The molecule has 0 unspecified atom stereocenters. The minimum atomic E-state index is 0.0252. The lowest BCUT2D eigenvalue weighted by molar-refractivity contribution is -0.115. The maximum atomic E-state index is 11.4. The summed E-state index contributed by atoms with van der Waals surface area (Å²) in [4.78, 5) is 16.9. The maximum Gasteiger partial charge on any atom is 0.224 e. The van der Waals surface area contributed by atoms with Gasteiger partial charge in [0.25, 0.3) is 0 Å². The number of carbonyl (C=O) groups is 1. The highest BCUT2D eigenvalue weighted by molar-refractivity contribution is 7.11. The number of thiazole rings is 1. The van der Waals surface area contributed by atoms with E-state index in [1.54, 1.807) is 11.3 Å². The fraction of sp³-hybridized carbons (Fsp3) is 0.333. The molecule has 1 heterocycles. The fourth-order valence-electron chi connectivity index (χ4n) is 1.74. The number of hydrogen-bond donors (Lipinski definition) is 2. The Bertz CT molecular complexity index is 580. The van der Waals surface area contributed by atoms with Crippen molar-refractivity contribution in [2.24, 2.45) is 0 Å². The zero-order valence-corrected chi connectivity index (χ0v) is 12.6. The van der Waals surface area contributed by atoms with Crippen molar-refractivity contribution in [3.63, 3.8) is 0 Å². The summed E-state index contributed by atoms with van der Waals surface area (Å²) in [6, 6.07) is 7.75. The summed E-state index contributed by atoms with van der Waals surface area (Å²) >= 11 is 1.73. The van der Waals surface area contributed by atoms with Crippen molar-refractivity contribution in [1.82, 2.24) is 4.98 Å². The Morgan fingerprint density at radius 3 is 2.80 bits per heavy atom. The number of nitrogens with one attached hydrogen (secondary N) is 2. The molecule has 2 N–H and O–H groups in total. The Balaban J connectivity index is 1.95. The largest absolute Gasteiger partial charge is 0.380 e. The number of benzene rings is 1. The average molecular weight is 289 g/mol. The number of hydrogen-bond acceptors (Lipinski definition) is 4. The Hall–Kier alpha value is -1.88. The molecule has 0 spiro atoms. The molecule has 2 aromatic rings. The minimum Gasteiger partial charge on any atom is -0.380 e. The van der Waals surface area contributed by atoms with Crippen LogP contribution in [0.4, 0.5) is 11.4 Å². The third-order valence-electron chi connectivity index (χ3n) is 2.84. The lowest BCUT2D eigenvalue weighted by atomic mass is 10.2. The first-order valence-electron chi connectivity index (χ1n) is 6.78. The first kappa shape index (κ1) is 14.5. The smallest absolute Gasteiger partial charge is 0.224 e. The Labute approximate surface area is 123 Å². The van der Waals surface area contributed by atoms with E-state index in [9.17, 15) is 4.79 Å². The minimum absolute atomic E-state index is 0.0252. The van der Waals surface area contributed by atoms with Gasteiger partial charge in [-0.3, -0.25) is 4.79 Å². The zero-order chi connectivity index (χ0) is 14.4. The van der Waals surface area contributed by atoms with Gasteiger partial charge in [0.15, 0.2) is 0 Å². The predicted molar refractivity (Wildman–Crippen MR) is 84.2 cm³/mol. The Kier molecular flexibility index (Phi) is 5.12. The summed E-state index contributed by atoms with van der Waals surface area (Å²) in [5.74, 6) is 0.0252. The van der Waals surface area contributed by atoms with Gasteiger partial charge in [-0.25, -0.2) is 4.98 Å². The molecule has 0 aliphatic rings. The van der Waals surface area contributed by atoms with Gasteiger partial charge < -0.3 is 10.6 Å². The summed E-state index contributed by atoms with van der Waals surface area (Å²) in [6.07, 6.45) is 3.38. The maximum absolute atomic E-state index is 11.4. The Morgan fingerprint density at radius 1 is 1.30 bits per heavy atom. The molecule has 1 amide bonds. The molecular weight excluding hydrogens is 270 g/mol. The molecule has 5 heteroatoms. The van der Waals surface area contributed by atoms with Crippen LogP contribution in [-0.4, -0.2) is 10.9 Å². The van der Waals surface area contributed by atoms with Gasteiger partial charge in [-0.05, 0) is 24.6 Å². The summed E-state index contributed by atoms with van der Waals surface area (Å²) in [6.45, 7) is 4.70.